The van der Waals surface area contributed by atoms with Crippen LogP contribution in [-0.4, -0.2) is 25.0 Å². The first kappa shape index (κ1) is 15.8. The van der Waals surface area contributed by atoms with Crippen molar-refractivity contribution in [3.8, 4) is 0 Å². The Morgan fingerprint density at radius 3 is 2.57 bits per heavy atom. The van der Waals surface area contributed by atoms with Gasteiger partial charge in [-0.2, -0.15) is 13.2 Å². The minimum atomic E-state index is -4.32. The monoisotopic (exact) mass is 300 g/mol. The van der Waals surface area contributed by atoms with Crippen LogP contribution in [0, 0.1) is 5.92 Å². The Hall–Kier alpha value is -1.56. The quantitative estimate of drug-likeness (QED) is 0.896. The Labute approximate surface area is 121 Å². The molecule has 2 N–H and O–H groups in total. The number of alkyl halides is 3. The molecule has 0 bridgehead atoms. The van der Waals surface area contributed by atoms with Crippen LogP contribution in [0.5, 0.6) is 0 Å². The van der Waals surface area contributed by atoms with E-state index in [4.69, 9.17) is 0 Å². The Morgan fingerprint density at radius 1 is 1.38 bits per heavy atom. The molecule has 0 radical (unpaired) electrons. The molecule has 0 aliphatic carbocycles. The van der Waals surface area contributed by atoms with E-state index in [9.17, 15) is 18.0 Å². The Kier molecular flexibility index (Phi) is 4.88. The highest BCUT2D eigenvalue weighted by atomic mass is 19.4. The highest BCUT2D eigenvalue weighted by Crippen LogP contribution is 2.29. The highest BCUT2D eigenvalue weighted by Gasteiger charge is 2.30. The fraction of sp³-hybridized carbons (Fsp3) is 0.533. The van der Waals surface area contributed by atoms with Gasteiger partial charge in [0.2, 0.25) is 5.91 Å². The number of hydrogen-bond donors (Lipinski definition) is 2. The third-order valence-corrected chi connectivity index (χ3v) is 3.68. The summed E-state index contributed by atoms with van der Waals surface area (Å²) in [6.45, 7) is 3.46. The summed E-state index contributed by atoms with van der Waals surface area (Å²) in [5.74, 6) is -0.314. The number of halogens is 3. The molecule has 6 heteroatoms. The van der Waals surface area contributed by atoms with E-state index in [0.29, 0.717) is 6.42 Å². The summed E-state index contributed by atoms with van der Waals surface area (Å²) < 4.78 is 37.4. The second-order valence-electron chi connectivity index (χ2n) is 5.50. The van der Waals surface area contributed by atoms with Gasteiger partial charge >= 0.3 is 6.18 Å². The summed E-state index contributed by atoms with van der Waals surface area (Å²) in [6.07, 6.45) is -2.97. The van der Waals surface area contributed by atoms with E-state index in [-0.39, 0.29) is 17.9 Å². The molecule has 1 aliphatic rings. The van der Waals surface area contributed by atoms with Crippen molar-refractivity contribution in [3.63, 3.8) is 0 Å². The fourth-order valence-corrected chi connectivity index (χ4v) is 2.40. The van der Waals surface area contributed by atoms with Crippen LogP contribution >= 0.6 is 0 Å². The fourth-order valence-electron chi connectivity index (χ4n) is 2.40. The number of rotatable bonds is 4. The minimum absolute atomic E-state index is 0.0522. The second-order valence-corrected chi connectivity index (χ2v) is 5.50. The predicted molar refractivity (Wildman–Crippen MR) is 73.7 cm³/mol. The molecule has 2 rings (SSSR count). The summed E-state index contributed by atoms with van der Waals surface area (Å²) in [7, 11) is 0. The molecule has 116 valence electrons. The third kappa shape index (κ3) is 4.46. The van der Waals surface area contributed by atoms with Crippen molar-refractivity contribution in [2.45, 2.75) is 32.0 Å². The maximum atomic E-state index is 12.5. The molecule has 3 nitrogen and oxygen atoms in total. The van der Waals surface area contributed by atoms with Crippen LogP contribution in [0.2, 0.25) is 0 Å². The van der Waals surface area contributed by atoms with Crippen LogP contribution in [0.1, 0.15) is 24.5 Å². The molecule has 21 heavy (non-hydrogen) atoms. The molecular formula is C15H19F3N2O. The van der Waals surface area contributed by atoms with Gasteiger partial charge in [-0.3, -0.25) is 4.79 Å². The number of nitrogens with one attached hydrogen (secondary N) is 2. The van der Waals surface area contributed by atoms with Crippen LogP contribution in [0.4, 0.5) is 13.2 Å². The lowest BCUT2D eigenvalue weighted by Crippen LogP contribution is -2.39. The molecule has 1 heterocycles. The maximum Gasteiger partial charge on any atom is 0.416 e. The van der Waals surface area contributed by atoms with Crippen molar-refractivity contribution < 1.29 is 18.0 Å². The van der Waals surface area contributed by atoms with E-state index in [0.717, 1.165) is 37.2 Å². The zero-order chi connectivity index (χ0) is 15.5. The molecule has 0 aromatic heterocycles. The van der Waals surface area contributed by atoms with Crippen molar-refractivity contribution in [1.29, 1.82) is 0 Å². The SMILES string of the molecule is CC(Cc1ccc(C(F)(F)F)cc1)C(=O)NC1CCNC1. The van der Waals surface area contributed by atoms with Gasteiger partial charge in [-0.25, -0.2) is 0 Å². The van der Waals surface area contributed by atoms with Gasteiger partial charge in [0.05, 0.1) is 5.56 Å². The Bertz CT molecular complexity index is 479. The van der Waals surface area contributed by atoms with Gasteiger partial charge in [0.25, 0.3) is 0 Å². The molecule has 2 unspecified atom stereocenters. The summed E-state index contributed by atoms with van der Waals surface area (Å²) in [6, 6.07) is 5.14. The van der Waals surface area contributed by atoms with E-state index < -0.39 is 11.7 Å². The lowest BCUT2D eigenvalue weighted by atomic mass is 9.99. The Balaban J connectivity index is 1.89. The van der Waals surface area contributed by atoms with Crippen molar-refractivity contribution in [3.05, 3.63) is 35.4 Å². The van der Waals surface area contributed by atoms with E-state index in [2.05, 4.69) is 10.6 Å². The molecule has 1 aliphatic heterocycles. The number of carbonyl (C=O) groups excluding carboxylic acids is 1. The van der Waals surface area contributed by atoms with Crippen molar-refractivity contribution in [2.75, 3.05) is 13.1 Å². The third-order valence-electron chi connectivity index (χ3n) is 3.68. The molecule has 1 fully saturated rings. The normalized spacial score (nSPS) is 20.3. The van der Waals surface area contributed by atoms with Crippen molar-refractivity contribution in [2.24, 2.45) is 5.92 Å². The minimum Gasteiger partial charge on any atom is -0.352 e. The zero-order valence-electron chi connectivity index (χ0n) is 11.8. The van der Waals surface area contributed by atoms with E-state index in [1.54, 1.807) is 6.92 Å². The molecule has 0 spiro atoms. The van der Waals surface area contributed by atoms with Gasteiger partial charge in [-0.15, -0.1) is 0 Å². The summed E-state index contributed by atoms with van der Waals surface area (Å²) in [4.78, 5) is 12.0. The van der Waals surface area contributed by atoms with Gasteiger partial charge in [0.1, 0.15) is 0 Å². The molecule has 1 saturated heterocycles. The standard InChI is InChI=1S/C15H19F3N2O/c1-10(14(21)20-13-6-7-19-9-13)8-11-2-4-12(5-3-11)15(16,17)18/h2-5,10,13,19H,6-9H2,1H3,(H,20,21). The molecular weight excluding hydrogens is 281 g/mol. The molecule has 0 saturated carbocycles. The smallest absolute Gasteiger partial charge is 0.352 e. The average molecular weight is 300 g/mol. The van der Waals surface area contributed by atoms with Gasteiger partial charge in [-0.1, -0.05) is 19.1 Å². The predicted octanol–water partition coefficient (Wildman–Crippen LogP) is 2.36. The van der Waals surface area contributed by atoms with E-state index in [1.165, 1.54) is 12.1 Å². The molecule has 1 amide bonds. The highest BCUT2D eigenvalue weighted by molar-refractivity contribution is 5.79. The summed E-state index contributed by atoms with van der Waals surface area (Å²) >= 11 is 0. The number of hydrogen-bond acceptors (Lipinski definition) is 2. The van der Waals surface area contributed by atoms with Gasteiger partial charge in [-0.05, 0) is 37.1 Å². The van der Waals surface area contributed by atoms with Gasteiger partial charge in [0.15, 0.2) is 0 Å². The number of carbonyl (C=O) groups is 1. The van der Waals surface area contributed by atoms with Crippen molar-refractivity contribution in [1.82, 2.24) is 10.6 Å². The maximum absolute atomic E-state index is 12.5. The van der Waals surface area contributed by atoms with Crippen LogP contribution in [0.25, 0.3) is 0 Å². The first-order chi connectivity index (χ1) is 9.86. The van der Waals surface area contributed by atoms with Gasteiger partial charge < -0.3 is 10.6 Å². The number of amides is 1. The lowest BCUT2D eigenvalue weighted by Gasteiger charge is -2.16. The first-order valence-electron chi connectivity index (χ1n) is 7.03. The van der Waals surface area contributed by atoms with Crippen LogP contribution in [0.15, 0.2) is 24.3 Å². The van der Waals surface area contributed by atoms with E-state index >= 15 is 0 Å². The molecule has 1 aromatic carbocycles. The van der Waals surface area contributed by atoms with Crippen LogP contribution < -0.4 is 10.6 Å². The first-order valence-corrected chi connectivity index (χ1v) is 7.03. The summed E-state index contributed by atoms with van der Waals surface area (Å²) in [5.41, 5.74) is 0.0654. The van der Waals surface area contributed by atoms with Crippen LogP contribution in [0.3, 0.4) is 0 Å². The number of benzene rings is 1. The van der Waals surface area contributed by atoms with E-state index in [1.807, 2.05) is 0 Å². The lowest BCUT2D eigenvalue weighted by molar-refractivity contribution is -0.137. The molecule has 1 aromatic rings. The van der Waals surface area contributed by atoms with Gasteiger partial charge in [0, 0.05) is 18.5 Å². The van der Waals surface area contributed by atoms with Crippen molar-refractivity contribution >= 4 is 5.91 Å². The second kappa shape index (κ2) is 6.47. The molecule has 2 atom stereocenters. The summed E-state index contributed by atoms with van der Waals surface area (Å²) in [5, 5.41) is 6.12. The average Bonchev–Trinajstić information content (AvgIpc) is 2.91. The Morgan fingerprint density at radius 2 is 2.05 bits per heavy atom. The topological polar surface area (TPSA) is 41.1 Å². The zero-order valence-corrected chi connectivity index (χ0v) is 11.8. The van der Waals surface area contributed by atoms with Crippen LogP contribution in [-0.2, 0) is 17.4 Å². The largest absolute Gasteiger partial charge is 0.416 e.